The maximum absolute atomic E-state index is 12.2. The van der Waals surface area contributed by atoms with Crippen molar-refractivity contribution in [1.82, 2.24) is 15.3 Å². The molecule has 0 bridgehead atoms. The SMILES string of the molecule is CC(C)Oc1ncccc1NC(=O)NCc1ccnc(OC2CCCC2)c1. The van der Waals surface area contributed by atoms with Gasteiger partial charge < -0.3 is 20.1 Å². The molecule has 27 heavy (non-hydrogen) atoms. The van der Waals surface area contributed by atoms with Gasteiger partial charge in [-0.05, 0) is 63.3 Å². The van der Waals surface area contributed by atoms with Gasteiger partial charge in [-0.2, -0.15) is 0 Å². The fourth-order valence-electron chi connectivity index (χ4n) is 2.95. The molecule has 0 aliphatic heterocycles. The average Bonchev–Trinajstić information content (AvgIpc) is 3.15. The molecule has 0 unspecified atom stereocenters. The molecule has 144 valence electrons. The van der Waals surface area contributed by atoms with Crippen LogP contribution in [-0.4, -0.2) is 28.2 Å². The Bertz CT molecular complexity index is 760. The molecule has 7 heteroatoms. The highest BCUT2D eigenvalue weighted by Gasteiger charge is 2.17. The molecule has 1 aliphatic rings. The van der Waals surface area contributed by atoms with Gasteiger partial charge in [-0.25, -0.2) is 14.8 Å². The highest BCUT2D eigenvalue weighted by molar-refractivity contribution is 5.90. The lowest BCUT2D eigenvalue weighted by molar-refractivity contribution is 0.201. The number of urea groups is 1. The predicted octanol–water partition coefficient (Wildman–Crippen LogP) is 3.91. The summed E-state index contributed by atoms with van der Waals surface area (Å²) in [6.07, 6.45) is 8.15. The number of nitrogens with zero attached hydrogens (tertiary/aromatic N) is 2. The third-order valence-electron chi connectivity index (χ3n) is 4.21. The van der Waals surface area contributed by atoms with E-state index in [0.717, 1.165) is 18.4 Å². The monoisotopic (exact) mass is 370 g/mol. The fraction of sp³-hybridized carbons (Fsp3) is 0.450. The van der Waals surface area contributed by atoms with Crippen molar-refractivity contribution in [3.05, 3.63) is 42.2 Å². The summed E-state index contributed by atoms with van der Waals surface area (Å²) in [5.74, 6) is 1.01. The van der Waals surface area contributed by atoms with Crippen LogP contribution in [0.2, 0.25) is 0 Å². The fourth-order valence-corrected chi connectivity index (χ4v) is 2.95. The summed E-state index contributed by atoms with van der Waals surface area (Å²) >= 11 is 0. The molecule has 2 aromatic rings. The number of amides is 2. The quantitative estimate of drug-likeness (QED) is 0.772. The zero-order chi connectivity index (χ0) is 19.1. The lowest BCUT2D eigenvalue weighted by Gasteiger charge is -2.14. The van der Waals surface area contributed by atoms with Gasteiger partial charge >= 0.3 is 6.03 Å². The number of rotatable bonds is 7. The minimum atomic E-state index is -0.327. The van der Waals surface area contributed by atoms with Crippen LogP contribution in [0.25, 0.3) is 0 Å². The summed E-state index contributed by atoms with van der Waals surface area (Å²) in [4.78, 5) is 20.7. The standard InChI is InChI=1S/C20H26N4O3/c1-14(2)26-19-17(8-5-10-22-19)24-20(25)23-13-15-9-11-21-18(12-15)27-16-6-3-4-7-16/h5,8-12,14,16H,3-4,6-7,13H2,1-2H3,(H2,23,24,25). The molecule has 1 aliphatic carbocycles. The molecule has 0 atom stereocenters. The Kier molecular flexibility index (Phi) is 6.46. The van der Waals surface area contributed by atoms with Crippen LogP contribution in [0, 0.1) is 0 Å². The van der Waals surface area contributed by atoms with Crippen LogP contribution in [-0.2, 0) is 6.54 Å². The van der Waals surface area contributed by atoms with Crippen LogP contribution < -0.4 is 20.1 Å². The van der Waals surface area contributed by atoms with Crippen LogP contribution >= 0.6 is 0 Å². The van der Waals surface area contributed by atoms with Crippen molar-refractivity contribution in [2.75, 3.05) is 5.32 Å². The molecule has 0 spiro atoms. The molecule has 2 N–H and O–H groups in total. The van der Waals surface area contributed by atoms with Crippen LogP contribution in [0.5, 0.6) is 11.8 Å². The first-order valence-corrected chi connectivity index (χ1v) is 9.38. The lowest BCUT2D eigenvalue weighted by atomic mass is 10.2. The predicted molar refractivity (Wildman–Crippen MR) is 103 cm³/mol. The third-order valence-corrected chi connectivity index (χ3v) is 4.21. The van der Waals surface area contributed by atoms with E-state index in [2.05, 4.69) is 20.6 Å². The molecule has 7 nitrogen and oxygen atoms in total. The van der Waals surface area contributed by atoms with Gasteiger partial charge in [-0.1, -0.05) is 0 Å². The second-order valence-corrected chi connectivity index (χ2v) is 6.86. The lowest BCUT2D eigenvalue weighted by Crippen LogP contribution is -2.28. The largest absolute Gasteiger partial charge is 0.474 e. The van der Waals surface area contributed by atoms with Crippen molar-refractivity contribution >= 4 is 11.7 Å². The second-order valence-electron chi connectivity index (χ2n) is 6.86. The Morgan fingerprint density at radius 1 is 1.22 bits per heavy atom. The smallest absolute Gasteiger partial charge is 0.319 e. The van der Waals surface area contributed by atoms with E-state index in [0.29, 0.717) is 24.0 Å². The van der Waals surface area contributed by atoms with Crippen LogP contribution in [0.3, 0.4) is 0 Å². The number of anilines is 1. The highest BCUT2D eigenvalue weighted by atomic mass is 16.5. The minimum absolute atomic E-state index is 0.0291. The summed E-state index contributed by atoms with van der Waals surface area (Å²) in [5.41, 5.74) is 1.46. The molecule has 2 aromatic heterocycles. The highest BCUT2D eigenvalue weighted by Crippen LogP contribution is 2.23. The molecule has 3 rings (SSSR count). The zero-order valence-electron chi connectivity index (χ0n) is 15.8. The molecule has 1 fully saturated rings. The first kappa shape index (κ1) is 18.9. The Hall–Kier alpha value is -2.83. The van der Waals surface area contributed by atoms with Gasteiger partial charge in [0.25, 0.3) is 0 Å². The van der Waals surface area contributed by atoms with Gasteiger partial charge in [0.05, 0.1) is 6.10 Å². The van der Waals surface area contributed by atoms with Crippen molar-refractivity contribution in [3.63, 3.8) is 0 Å². The van der Waals surface area contributed by atoms with Crippen molar-refractivity contribution in [2.24, 2.45) is 0 Å². The van der Waals surface area contributed by atoms with Crippen LogP contribution in [0.4, 0.5) is 10.5 Å². The Morgan fingerprint density at radius 3 is 2.81 bits per heavy atom. The molecule has 1 saturated carbocycles. The van der Waals surface area contributed by atoms with Crippen molar-refractivity contribution in [1.29, 1.82) is 0 Å². The molecule has 2 amide bonds. The number of nitrogens with one attached hydrogen (secondary N) is 2. The Labute approximate surface area is 159 Å². The number of carbonyl (C=O) groups excluding carboxylic acids is 1. The summed E-state index contributed by atoms with van der Waals surface area (Å²) in [5, 5.41) is 5.61. The maximum atomic E-state index is 12.2. The second kappa shape index (κ2) is 9.21. The van der Waals surface area contributed by atoms with E-state index >= 15 is 0 Å². The molecular weight excluding hydrogens is 344 g/mol. The van der Waals surface area contributed by atoms with Gasteiger partial charge in [-0.15, -0.1) is 0 Å². The summed E-state index contributed by atoms with van der Waals surface area (Å²) in [6.45, 7) is 4.19. The molecule has 2 heterocycles. The van der Waals surface area contributed by atoms with Crippen LogP contribution in [0.1, 0.15) is 45.1 Å². The number of pyridine rings is 2. The number of hydrogen-bond acceptors (Lipinski definition) is 5. The van der Waals surface area contributed by atoms with E-state index in [1.807, 2.05) is 26.0 Å². The van der Waals surface area contributed by atoms with Gasteiger partial charge in [-0.3, -0.25) is 0 Å². The number of hydrogen-bond donors (Lipinski definition) is 2. The van der Waals surface area contributed by atoms with E-state index < -0.39 is 0 Å². The maximum Gasteiger partial charge on any atom is 0.319 e. The van der Waals surface area contributed by atoms with E-state index in [1.54, 1.807) is 24.5 Å². The number of ether oxygens (including phenoxy) is 2. The van der Waals surface area contributed by atoms with E-state index in [-0.39, 0.29) is 18.2 Å². The number of aromatic nitrogens is 2. The van der Waals surface area contributed by atoms with Crippen molar-refractivity contribution in [2.45, 2.75) is 58.3 Å². The minimum Gasteiger partial charge on any atom is -0.474 e. The zero-order valence-corrected chi connectivity index (χ0v) is 15.8. The van der Waals surface area contributed by atoms with Gasteiger partial charge in [0.15, 0.2) is 0 Å². The van der Waals surface area contributed by atoms with Gasteiger partial charge in [0.1, 0.15) is 11.8 Å². The first-order valence-electron chi connectivity index (χ1n) is 9.38. The average molecular weight is 370 g/mol. The normalized spacial score (nSPS) is 14.2. The van der Waals surface area contributed by atoms with Gasteiger partial charge in [0, 0.05) is 25.0 Å². The number of carbonyl (C=O) groups is 1. The Morgan fingerprint density at radius 2 is 2.04 bits per heavy atom. The molecular formula is C20H26N4O3. The summed E-state index contributed by atoms with van der Waals surface area (Å²) in [7, 11) is 0. The van der Waals surface area contributed by atoms with Crippen LogP contribution in [0.15, 0.2) is 36.7 Å². The summed E-state index contributed by atoms with van der Waals surface area (Å²) in [6, 6.07) is 6.91. The van der Waals surface area contributed by atoms with Crippen molar-refractivity contribution in [3.8, 4) is 11.8 Å². The van der Waals surface area contributed by atoms with Gasteiger partial charge in [0.2, 0.25) is 11.8 Å². The Balaban J connectivity index is 1.53. The summed E-state index contributed by atoms with van der Waals surface area (Å²) < 4.78 is 11.5. The molecule has 0 radical (unpaired) electrons. The first-order chi connectivity index (χ1) is 13.1. The van der Waals surface area contributed by atoms with E-state index in [4.69, 9.17) is 9.47 Å². The van der Waals surface area contributed by atoms with Crippen molar-refractivity contribution < 1.29 is 14.3 Å². The van der Waals surface area contributed by atoms with E-state index in [1.165, 1.54) is 12.8 Å². The van der Waals surface area contributed by atoms with E-state index in [9.17, 15) is 4.79 Å². The molecule has 0 aromatic carbocycles. The topological polar surface area (TPSA) is 85.4 Å². The molecule has 0 saturated heterocycles. The third kappa shape index (κ3) is 5.84.